The van der Waals surface area contributed by atoms with Gasteiger partial charge >= 0.3 is 0 Å². The van der Waals surface area contributed by atoms with Gasteiger partial charge in [-0.3, -0.25) is 0 Å². The fourth-order valence-corrected chi connectivity index (χ4v) is 15.6. The van der Waals surface area contributed by atoms with Crippen molar-refractivity contribution in [3.8, 4) is 22.5 Å². The van der Waals surface area contributed by atoms with Crippen molar-refractivity contribution in [3.63, 3.8) is 0 Å². The van der Waals surface area contributed by atoms with Gasteiger partial charge in [0.25, 0.3) is 0 Å². The summed E-state index contributed by atoms with van der Waals surface area (Å²) in [6.45, 7) is 7.38. The Morgan fingerprint density at radius 1 is 0.364 bits per heavy atom. The summed E-state index contributed by atoms with van der Waals surface area (Å²) < 4.78 is 5.02. The molecular formula is C52H42N2Si. The van der Waals surface area contributed by atoms with E-state index < -0.39 is 8.07 Å². The molecule has 0 radical (unpaired) electrons. The van der Waals surface area contributed by atoms with Crippen LogP contribution < -0.4 is 15.6 Å². The number of para-hydroxylation sites is 3. The molecule has 0 amide bonds. The number of rotatable bonds is 6. The van der Waals surface area contributed by atoms with Crippen LogP contribution in [0.3, 0.4) is 0 Å². The zero-order valence-corrected chi connectivity index (χ0v) is 32.4. The quantitative estimate of drug-likeness (QED) is 0.119. The Hall–Kier alpha value is -6.42. The standard InChI is InChI=1S/C52H42N2Si/c1-52(2,3)55(38-23-9-5-10-24-38,39-25-11-6-12-26-39)49-36-20-35-48-51(49)42-29-15-18-32-45(42)54(48)47-34-19-33-46-50(47)41-28-14-17-31-44(41)53(46)43-30-16-13-27-40(43)37-21-7-4-8-22-37/h4-36H,1-3H3. The molecule has 0 fully saturated rings. The SMILES string of the molecule is CC(C)(C)[Si](c1ccccc1)(c1ccccc1)c1cccc2c1c1ccccc1n2-c1cccc2c1c1ccccc1n2-c1ccccc1-c1ccccc1. The van der Waals surface area contributed by atoms with E-state index in [9.17, 15) is 0 Å². The fraction of sp³-hybridized carbons (Fsp3) is 0.0769. The Labute approximate surface area is 323 Å². The smallest absolute Gasteiger partial charge is 0.154 e. The molecule has 10 aromatic rings. The van der Waals surface area contributed by atoms with Gasteiger partial charge in [0, 0.05) is 27.1 Å². The van der Waals surface area contributed by atoms with E-state index in [1.165, 1.54) is 81.7 Å². The molecule has 0 atom stereocenters. The highest BCUT2D eigenvalue weighted by atomic mass is 28.3. The van der Waals surface area contributed by atoms with Crippen LogP contribution in [0, 0.1) is 0 Å². The van der Waals surface area contributed by atoms with Gasteiger partial charge in [0.2, 0.25) is 0 Å². The van der Waals surface area contributed by atoms with Crippen LogP contribution in [0.5, 0.6) is 0 Å². The molecule has 0 unspecified atom stereocenters. The van der Waals surface area contributed by atoms with E-state index in [2.05, 4.69) is 230 Å². The first-order valence-corrected chi connectivity index (χ1v) is 21.3. The van der Waals surface area contributed by atoms with Crippen LogP contribution in [0.25, 0.3) is 66.1 Å². The molecule has 2 heterocycles. The molecule has 0 aliphatic rings. The maximum absolute atomic E-state index is 2.69. The Kier molecular flexibility index (Phi) is 7.76. The fourth-order valence-electron chi connectivity index (χ4n) is 9.69. The molecule has 2 nitrogen and oxygen atoms in total. The zero-order chi connectivity index (χ0) is 37.1. The second kappa shape index (κ2) is 12.9. The van der Waals surface area contributed by atoms with Crippen LogP contribution in [0.2, 0.25) is 5.04 Å². The van der Waals surface area contributed by atoms with Crippen LogP contribution in [-0.2, 0) is 0 Å². The van der Waals surface area contributed by atoms with Gasteiger partial charge in [0.15, 0.2) is 8.07 Å². The average molecular weight is 723 g/mol. The minimum atomic E-state index is -2.69. The van der Waals surface area contributed by atoms with Gasteiger partial charge in [-0.1, -0.05) is 185 Å². The van der Waals surface area contributed by atoms with Crippen LogP contribution in [-0.4, -0.2) is 17.2 Å². The highest BCUT2D eigenvalue weighted by Crippen LogP contribution is 2.43. The van der Waals surface area contributed by atoms with Crippen molar-refractivity contribution in [1.29, 1.82) is 0 Å². The molecule has 0 saturated heterocycles. The van der Waals surface area contributed by atoms with Crippen molar-refractivity contribution in [3.05, 3.63) is 200 Å². The Morgan fingerprint density at radius 3 is 1.42 bits per heavy atom. The molecule has 0 N–H and O–H groups in total. The van der Waals surface area contributed by atoms with Gasteiger partial charge in [0.1, 0.15) is 0 Å². The molecule has 55 heavy (non-hydrogen) atoms. The maximum Gasteiger partial charge on any atom is 0.154 e. The third-order valence-electron chi connectivity index (χ3n) is 11.8. The van der Waals surface area contributed by atoms with Crippen LogP contribution in [0.15, 0.2) is 200 Å². The van der Waals surface area contributed by atoms with E-state index in [-0.39, 0.29) is 5.04 Å². The Bertz CT molecular complexity index is 2960. The second-order valence-corrected chi connectivity index (χ2v) is 20.4. The minimum Gasteiger partial charge on any atom is -0.309 e. The summed E-state index contributed by atoms with van der Waals surface area (Å²) in [6, 6.07) is 74.2. The summed E-state index contributed by atoms with van der Waals surface area (Å²) in [4.78, 5) is 0. The van der Waals surface area contributed by atoms with Gasteiger partial charge in [-0.15, -0.1) is 0 Å². The number of hydrogen-bond donors (Lipinski definition) is 0. The topological polar surface area (TPSA) is 9.86 Å². The molecule has 10 rings (SSSR count). The van der Waals surface area contributed by atoms with Gasteiger partial charge in [-0.05, 0) is 62.6 Å². The van der Waals surface area contributed by atoms with E-state index in [1.54, 1.807) is 0 Å². The second-order valence-electron chi connectivity index (χ2n) is 15.7. The highest BCUT2D eigenvalue weighted by Gasteiger charge is 2.50. The zero-order valence-electron chi connectivity index (χ0n) is 31.4. The summed E-state index contributed by atoms with van der Waals surface area (Å²) in [5.74, 6) is 0. The molecule has 0 spiro atoms. The van der Waals surface area contributed by atoms with Crippen molar-refractivity contribution in [2.45, 2.75) is 25.8 Å². The van der Waals surface area contributed by atoms with Gasteiger partial charge < -0.3 is 9.13 Å². The molecule has 0 bridgehead atoms. The summed E-state index contributed by atoms with van der Waals surface area (Å²) in [5, 5.41) is 9.40. The van der Waals surface area contributed by atoms with Crippen molar-refractivity contribution in [2.24, 2.45) is 0 Å². The van der Waals surface area contributed by atoms with Crippen molar-refractivity contribution >= 4 is 67.2 Å². The predicted molar refractivity (Wildman–Crippen MR) is 238 cm³/mol. The average Bonchev–Trinajstić information content (AvgIpc) is 3.75. The molecule has 264 valence electrons. The monoisotopic (exact) mass is 722 g/mol. The van der Waals surface area contributed by atoms with Gasteiger partial charge in [0.05, 0.1) is 33.4 Å². The maximum atomic E-state index is 2.55. The van der Waals surface area contributed by atoms with E-state index in [1.807, 2.05) is 0 Å². The van der Waals surface area contributed by atoms with E-state index in [4.69, 9.17) is 0 Å². The molecule has 2 aromatic heterocycles. The normalized spacial score (nSPS) is 12.3. The largest absolute Gasteiger partial charge is 0.309 e. The molecule has 8 aromatic carbocycles. The predicted octanol–water partition coefficient (Wildman–Crippen LogP) is 11.8. The number of aromatic nitrogens is 2. The third-order valence-corrected chi connectivity index (χ3v) is 17.7. The Morgan fingerprint density at radius 2 is 0.800 bits per heavy atom. The highest BCUT2D eigenvalue weighted by molar-refractivity contribution is 7.14. The third kappa shape index (κ3) is 4.93. The number of fused-ring (bicyclic) bond motifs is 6. The van der Waals surface area contributed by atoms with E-state index in [0.717, 1.165) is 0 Å². The van der Waals surface area contributed by atoms with Crippen LogP contribution >= 0.6 is 0 Å². The molecule has 0 aliphatic heterocycles. The van der Waals surface area contributed by atoms with Gasteiger partial charge in [-0.2, -0.15) is 0 Å². The number of hydrogen-bond acceptors (Lipinski definition) is 0. The van der Waals surface area contributed by atoms with Crippen LogP contribution in [0.1, 0.15) is 20.8 Å². The van der Waals surface area contributed by atoms with Crippen molar-refractivity contribution in [2.75, 3.05) is 0 Å². The summed E-state index contributed by atoms with van der Waals surface area (Å²) in [7, 11) is -2.69. The molecule has 0 aliphatic carbocycles. The lowest BCUT2D eigenvalue weighted by molar-refractivity contribution is 0.740. The van der Waals surface area contributed by atoms with Crippen molar-refractivity contribution in [1.82, 2.24) is 9.13 Å². The van der Waals surface area contributed by atoms with Gasteiger partial charge in [-0.25, -0.2) is 0 Å². The lowest BCUT2D eigenvalue weighted by Crippen LogP contribution is -2.72. The first-order chi connectivity index (χ1) is 27.0. The van der Waals surface area contributed by atoms with E-state index in [0.29, 0.717) is 0 Å². The first-order valence-electron chi connectivity index (χ1n) is 19.3. The molecule has 0 saturated carbocycles. The van der Waals surface area contributed by atoms with Crippen molar-refractivity contribution < 1.29 is 0 Å². The lowest BCUT2D eigenvalue weighted by Gasteiger charge is -2.45. The summed E-state index contributed by atoms with van der Waals surface area (Å²) in [6.07, 6.45) is 0. The van der Waals surface area contributed by atoms with E-state index >= 15 is 0 Å². The first kappa shape index (κ1) is 33.2. The van der Waals surface area contributed by atoms with Crippen LogP contribution in [0.4, 0.5) is 0 Å². The number of nitrogens with zero attached hydrogens (tertiary/aromatic N) is 2. The summed E-state index contributed by atoms with van der Waals surface area (Å²) in [5.41, 5.74) is 9.63. The summed E-state index contributed by atoms with van der Waals surface area (Å²) >= 11 is 0. The lowest BCUT2D eigenvalue weighted by atomic mass is 10.0. The number of benzene rings is 8. The molecule has 3 heteroatoms. The Balaban J connectivity index is 1.33. The minimum absolute atomic E-state index is 0.0488. The molecular weight excluding hydrogens is 681 g/mol.